The molecule has 0 aliphatic carbocycles. The molecule has 0 bridgehead atoms. The number of rotatable bonds is 7. The van der Waals surface area contributed by atoms with Crippen LogP contribution >= 0.6 is 0 Å². The zero-order chi connectivity index (χ0) is 23.3. The Morgan fingerprint density at radius 1 is 0.912 bits per heavy atom. The number of carbonyl (C=O) groups is 2. The molecule has 5 rings (SSSR count). The molecule has 0 radical (unpaired) electrons. The molecular weight excluding hydrogens is 438 g/mol. The number of pyridine rings is 1. The first-order valence-corrected chi connectivity index (χ1v) is 10.5. The van der Waals surface area contributed by atoms with Gasteiger partial charge in [0.1, 0.15) is 0 Å². The largest absolute Gasteiger partial charge is 0.454 e. The summed E-state index contributed by atoms with van der Waals surface area (Å²) in [5.41, 5.74) is 2.31. The number of aromatic nitrogens is 3. The molecule has 10 nitrogen and oxygen atoms in total. The summed E-state index contributed by atoms with van der Waals surface area (Å²) in [4.78, 5) is 33.3. The molecule has 1 aliphatic rings. The summed E-state index contributed by atoms with van der Waals surface area (Å²) in [6.45, 7) is 0.139. The molecule has 2 amide bonds. The lowest BCUT2D eigenvalue weighted by molar-refractivity contribution is -0.116. The van der Waals surface area contributed by atoms with Crippen molar-refractivity contribution in [1.29, 1.82) is 0 Å². The third-order valence-corrected chi connectivity index (χ3v) is 5.01. The van der Waals surface area contributed by atoms with E-state index in [-0.39, 0.29) is 25.0 Å². The van der Waals surface area contributed by atoms with Gasteiger partial charge in [0.25, 0.3) is 5.91 Å². The van der Waals surface area contributed by atoms with Crippen molar-refractivity contribution >= 4 is 23.2 Å². The van der Waals surface area contributed by atoms with Crippen LogP contribution < -0.4 is 20.1 Å². The average Bonchev–Trinajstić information content (AvgIpc) is 3.53. The molecule has 3 heterocycles. The molecule has 0 unspecified atom stereocenters. The number of hydrogen-bond acceptors (Lipinski definition) is 8. The maximum absolute atomic E-state index is 12.6. The average molecular weight is 457 g/mol. The van der Waals surface area contributed by atoms with Crippen LogP contribution in [0.5, 0.6) is 11.5 Å². The zero-order valence-corrected chi connectivity index (χ0v) is 17.9. The lowest BCUT2D eigenvalue weighted by Gasteiger charge is -2.09. The molecule has 0 fully saturated rings. The lowest BCUT2D eigenvalue weighted by Crippen LogP contribution is -2.14. The number of fused-ring (bicyclic) bond motifs is 1. The predicted octanol–water partition coefficient (Wildman–Crippen LogP) is 3.68. The highest BCUT2D eigenvalue weighted by Gasteiger charge is 2.16. The van der Waals surface area contributed by atoms with Gasteiger partial charge in [0.15, 0.2) is 11.5 Å². The van der Waals surface area contributed by atoms with E-state index < -0.39 is 0 Å². The molecule has 10 heteroatoms. The number of anilines is 2. The summed E-state index contributed by atoms with van der Waals surface area (Å²) < 4.78 is 15.8. The predicted molar refractivity (Wildman–Crippen MR) is 121 cm³/mol. The summed E-state index contributed by atoms with van der Waals surface area (Å²) >= 11 is 0. The fraction of sp³-hybridized carbons (Fsp3) is 0.125. The van der Waals surface area contributed by atoms with Gasteiger partial charge in [0.2, 0.25) is 24.4 Å². The van der Waals surface area contributed by atoms with Gasteiger partial charge >= 0.3 is 0 Å². The van der Waals surface area contributed by atoms with Crippen molar-refractivity contribution in [1.82, 2.24) is 15.1 Å². The normalized spacial score (nSPS) is 11.8. The molecule has 1 aliphatic heterocycles. The van der Waals surface area contributed by atoms with Crippen molar-refractivity contribution in [3.8, 4) is 22.9 Å². The third-order valence-electron chi connectivity index (χ3n) is 5.01. The van der Waals surface area contributed by atoms with E-state index in [0.717, 1.165) is 5.56 Å². The second-order valence-corrected chi connectivity index (χ2v) is 7.40. The van der Waals surface area contributed by atoms with Crippen LogP contribution in [0.15, 0.2) is 71.5 Å². The van der Waals surface area contributed by atoms with E-state index >= 15 is 0 Å². The van der Waals surface area contributed by atoms with Crippen LogP contribution in [-0.2, 0) is 11.2 Å². The number of ether oxygens (including phenoxy) is 2. The van der Waals surface area contributed by atoms with E-state index in [4.69, 9.17) is 14.0 Å². The molecule has 0 saturated carbocycles. The summed E-state index contributed by atoms with van der Waals surface area (Å²) in [6.07, 6.45) is 3.74. The van der Waals surface area contributed by atoms with Gasteiger partial charge in [-0.2, -0.15) is 4.98 Å². The second kappa shape index (κ2) is 9.41. The second-order valence-electron chi connectivity index (χ2n) is 7.40. The number of nitrogens with zero attached hydrogens (tertiary/aromatic N) is 3. The van der Waals surface area contributed by atoms with Crippen molar-refractivity contribution < 1.29 is 23.6 Å². The third kappa shape index (κ3) is 4.85. The Bertz CT molecular complexity index is 1340. The first-order chi connectivity index (χ1) is 16.6. The van der Waals surface area contributed by atoms with Crippen molar-refractivity contribution in [3.63, 3.8) is 0 Å². The Labute approximate surface area is 193 Å². The first-order valence-electron chi connectivity index (χ1n) is 10.5. The first kappa shape index (κ1) is 21.1. The summed E-state index contributed by atoms with van der Waals surface area (Å²) in [7, 11) is 0. The molecule has 2 aromatic carbocycles. The molecule has 0 spiro atoms. The van der Waals surface area contributed by atoms with Crippen LogP contribution in [0.25, 0.3) is 11.4 Å². The highest BCUT2D eigenvalue weighted by atomic mass is 16.7. The zero-order valence-electron chi connectivity index (χ0n) is 17.9. The number of aryl methyl sites for hydroxylation is 1. The number of benzene rings is 2. The van der Waals surface area contributed by atoms with Gasteiger partial charge in [-0.25, -0.2) is 0 Å². The van der Waals surface area contributed by atoms with Crippen molar-refractivity contribution in [2.45, 2.75) is 12.8 Å². The maximum atomic E-state index is 12.6. The van der Waals surface area contributed by atoms with E-state index in [1.807, 2.05) is 0 Å². The van der Waals surface area contributed by atoms with Crippen LogP contribution in [0.2, 0.25) is 0 Å². The molecule has 0 atom stereocenters. The Morgan fingerprint density at radius 3 is 2.56 bits per heavy atom. The van der Waals surface area contributed by atoms with Crippen molar-refractivity contribution in [3.05, 3.63) is 78.4 Å². The molecule has 34 heavy (non-hydrogen) atoms. The van der Waals surface area contributed by atoms with E-state index in [2.05, 4.69) is 25.8 Å². The van der Waals surface area contributed by atoms with Crippen molar-refractivity contribution in [2.24, 2.45) is 0 Å². The van der Waals surface area contributed by atoms with Crippen LogP contribution in [0.3, 0.4) is 0 Å². The molecule has 4 aromatic rings. The molecule has 170 valence electrons. The standard InChI is InChI=1S/C24H19N5O5/c30-21(6-7-22-28-23(29-34-22)15-8-10-25-11-9-15)26-17-2-1-3-18(13-17)27-24(31)16-4-5-19-20(12-16)33-14-32-19/h1-5,8-13H,6-7,14H2,(H,26,30)(H,27,31). The lowest BCUT2D eigenvalue weighted by atomic mass is 10.2. The van der Waals surface area contributed by atoms with E-state index in [0.29, 0.717) is 46.6 Å². The molecule has 0 saturated heterocycles. The number of nitrogens with one attached hydrogen (secondary N) is 2. The van der Waals surface area contributed by atoms with Crippen LogP contribution in [0, 0.1) is 0 Å². The minimum Gasteiger partial charge on any atom is -0.454 e. The summed E-state index contributed by atoms with van der Waals surface area (Å²) in [5.74, 6) is 1.43. The number of carbonyl (C=O) groups excluding carboxylic acids is 2. The van der Waals surface area contributed by atoms with Gasteiger partial charge in [0, 0.05) is 47.7 Å². The number of amides is 2. The molecule has 2 N–H and O–H groups in total. The van der Waals surface area contributed by atoms with E-state index in [1.165, 1.54) is 0 Å². The Balaban J connectivity index is 1.16. The Hall–Kier alpha value is -4.73. The number of hydrogen-bond donors (Lipinski definition) is 2. The minimum atomic E-state index is -0.303. The van der Waals surface area contributed by atoms with Gasteiger partial charge in [-0.1, -0.05) is 11.2 Å². The van der Waals surface area contributed by atoms with E-state index in [1.54, 1.807) is 67.0 Å². The van der Waals surface area contributed by atoms with Crippen LogP contribution in [0.1, 0.15) is 22.7 Å². The summed E-state index contributed by atoms with van der Waals surface area (Å²) in [5, 5.41) is 9.56. The minimum absolute atomic E-state index is 0.139. The fourth-order valence-electron chi connectivity index (χ4n) is 3.33. The fourth-order valence-corrected chi connectivity index (χ4v) is 3.33. The smallest absolute Gasteiger partial charge is 0.255 e. The van der Waals surface area contributed by atoms with Gasteiger partial charge in [0.05, 0.1) is 0 Å². The summed E-state index contributed by atoms with van der Waals surface area (Å²) in [6, 6.07) is 15.4. The monoisotopic (exact) mass is 457 g/mol. The molecular formula is C24H19N5O5. The van der Waals surface area contributed by atoms with Crippen molar-refractivity contribution in [2.75, 3.05) is 17.4 Å². The van der Waals surface area contributed by atoms with Crippen LogP contribution in [-0.4, -0.2) is 33.7 Å². The topological polar surface area (TPSA) is 128 Å². The van der Waals surface area contributed by atoms with Gasteiger partial charge in [-0.3, -0.25) is 14.6 Å². The highest BCUT2D eigenvalue weighted by molar-refractivity contribution is 6.05. The van der Waals surface area contributed by atoms with Gasteiger partial charge in [-0.15, -0.1) is 0 Å². The maximum Gasteiger partial charge on any atom is 0.255 e. The molecule has 2 aromatic heterocycles. The quantitative estimate of drug-likeness (QED) is 0.430. The van der Waals surface area contributed by atoms with E-state index in [9.17, 15) is 9.59 Å². The Morgan fingerprint density at radius 2 is 1.71 bits per heavy atom. The van der Waals surface area contributed by atoms with Gasteiger partial charge < -0.3 is 24.6 Å². The van der Waals surface area contributed by atoms with Gasteiger partial charge in [-0.05, 0) is 48.5 Å². The Kier molecular flexibility index (Phi) is 5.85. The van der Waals surface area contributed by atoms with Crippen LogP contribution in [0.4, 0.5) is 11.4 Å². The SMILES string of the molecule is O=C(CCc1nc(-c2ccncc2)no1)Nc1cccc(NC(=O)c2ccc3c(c2)OCO3)c1. The highest BCUT2D eigenvalue weighted by Crippen LogP contribution is 2.32.